The SMILES string of the molecule is C=CC(=O)N1CCN(c2ncc(-c3ccc(OC)c(Nc4ncc(C(=O)Nc5c(F)cccc5Cl)s4)n3)cc2N(CC2(O)CC2)C2CC2)CC1. The van der Waals surface area contributed by atoms with Crippen molar-refractivity contribution < 1.29 is 23.8 Å². The van der Waals surface area contributed by atoms with Gasteiger partial charge < -0.3 is 35.2 Å². The molecule has 4 aromatic rings. The van der Waals surface area contributed by atoms with E-state index in [1.165, 1.54) is 37.6 Å². The number of piperazine rings is 1. The number of benzene rings is 1. The van der Waals surface area contributed by atoms with Gasteiger partial charge in [0.1, 0.15) is 10.7 Å². The lowest BCUT2D eigenvalue weighted by Gasteiger charge is -2.38. The van der Waals surface area contributed by atoms with E-state index in [-0.39, 0.29) is 21.5 Å². The molecular formula is C35H36ClFN8O4S. The number of amides is 2. The fraction of sp³-hybridized carbons (Fsp3) is 0.343. The van der Waals surface area contributed by atoms with E-state index in [0.29, 0.717) is 61.2 Å². The van der Waals surface area contributed by atoms with Crippen molar-refractivity contribution in [3.05, 3.63) is 77.2 Å². The monoisotopic (exact) mass is 718 g/mol. The predicted octanol–water partition coefficient (Wildman–Crippen LogP) is 5.73. The summed E-state index contributed by atoms with van der Waals surface area (Å²) in [5.41, 5.74) is 1.51. The third-order valence-electron chi connectivity index (χ3n) is 9.03. The quantitative estimate of drug-likeness (QED) is 0.156. The summed E-state index contributed by atoms with van der Waals surface area (Å²) >= 11 is 7.14. The van der Waals surface area contributed by atoms with Gasteiger partial charge >= 0.3 is 0 Å². The number of carbonyl (C=O) groups is 2. The van der Waals surface area contributed by atoms with E-state index < -0.39 is 17.3 Å². The van der Waals surface area contributed by atoms with Crippen molar-refractivity contribution in [1.29, 1.82) is 0 Å². The van der Waals surface area contributed by atoms with E-state index in [2.05, 4.69) is 38.1 Å². The number of ether oxygens (including phenoxy) is 1. The van der Waals surface area contributed by atoms with Crippen LogP contribution in [0.1, 0.15) is 35.4 Å². The Morgan fingerprint density at radius 1 is 1.18 bits per heavy atom. The van der Waals surface area contributed by atoms with E-state index in [1.54, 1.807) is 17.2 Å². The minimum Gasteiger partial charge on any atom is -0.493 e. The zero-order valence-corrected chi connectivity index (χ0v) is 28.9. The molecule has 3 aromatic heterocycles. The van der Waals surface area contributed by atoms with Gasteiger partial charge in [0.2, 0.25) is 5.91 Å². The first-order valence-electron chi connectivity index (χ1n) is 16.3. The van der Waals surface area contributed by atoms with E-state index in [0.717, 1.165) is 54.1 Å². The minimum atomic E-state index is -0.703. The first-order valence-corrected chi connectivity index (χ1v) is 17.5. The molecule has 2 saturated carbocycles. The zero-order chi connectivity index (χ0) is 35.0. The molecule has 2 amide bonds. The van der Waals surface area contributed by atoms with Crippen molar-refractivity contribution in [2.45, 2.75) is 37.3 Å². The normalized spacial score (nSPS) is 16.5. The molecule has 1 aliphatic heterocycles. The van der Waals surface area contributed by atoms with Crippen LogP contribution in [-0.2, 0) is 4.79 Å². The Kier molecular flexibility index (Phi) is 9.33. The molecule has 3 N–H and O–H groups in total. The number of hydrogen-bond acceptors (Lipinski definition) is 11. The van der Waals surface area contributed by atoms with Gasteiger partial charge in [-0.1, -0.05) is 35.6 Å². The first kappa shape index (κ1) is 33.7. The average Bonchev–Trinajstić information content (AvgIpc) is 4.06. The van der Waals surface area contributed by atoms with Gasteiger partial charge in [0, 0.05) is 50.5 Å². The van der Waals surface area contributed by atoms with Crippen LogP contribution in [0.2, 0.25) is 5.02 Å². The Balaban J connectivity index is 1.16. The minimum absolute atomic E-state index is 0.0801. The zero-order valence-electron chi connectivity index (χ0n) is 27.4. The Bertz CT molecular complexity index is 1920. The molecule has 3 fully saturated rings. The lowest BCUT2D eigenvalue weighted by Crippen LogP contribution is -2.49. The van der Waals surface area contributed by atoms with Gasteiger partial charge in [-0.25, -0.2) is 19.3 Å². The summed E-state index contributed by atoms with van der Waals surface area (Å²) in [5, 5.41) is 17.1. The average molecular weight is 719 g/mol. The second-order valence-corrected chi connectivity index (χ2v) is 14.1. The van der Waals surface area contributed by atoms with Gasteiger partial charge in [0.25, 0.3) is 5.91 Å². The Morgan fingerprint density at radius 3 is 2.64 bits per heavy atom. The van der Waals surface area contributed by atoms with Gasteiger partial charge in [0.15, 0.2) is 22.5 Å². The smallest absolute Gasteiger partial charge is 0.267 e. The highest BCUT2D eigenvalue weighted by Crippen LogP contribution is 2.44. The number of aromatic nitrogens is 3. The van der Waals surface area contributed by atoms with Crippen LogP contribution >= 0.6 is 22.9 Å². The Labute approximate surface area is 297 Å². The highest BCUT2D eigenvalue weighted by molar-refractivity contribution is 7.17. The molecule has 260 valence electrons. The maximum Gasteiger partial charge on any atom is 0.267 e. The predicted molar refractivity (Wildman–Crippen MR) is 192 cm³/mol. The number of thiazole rings is 1. The molecular weight excluding hydrogens is 683 g/mol. The van der Waals surface area contributed by atoms with Crippen molar-refractivity contribution in [3.8, 4) is 17.0 Å². The van der Waals surface area contributed by atoms with Gasteiger partial charge in [-0.2, -0.15) is 0 Å². The molecule has 50 heavy (non-hydrogen) atoms. The van der Waals surface area contributed by atoms with Crippen LogP contribution in [0.5, 0.6) is 5.75 Å². The van der Waals surface area contributed by atoms with Crippen molar-refractivity contribution in [1.82, 2.24) is 19.9 Å². The number of nitrogens with zero attached hydrogens (tertiary/aromatic N) is 6. The number of para-hydroxylation sites is 1. The van der Waals surface area contributed by atoms with E-state index in [1.807, 2.05) is 6.07 Å². The lowest BCUT2D eigenvalue weighted by molar-refractivity contribution is -0.126. The van der Waals surface area contributed by atoms with Crippen LogP contribution < -0.4 is 25.2 Å². The largest absolute Gasteiger partial charge is 0.493 e. The number of pyridine rings is 2. The molecule has 0 bridgehead atoms. The van der Waals surface area contributed by atoms with E-state index in [4.69, 9.17) is 26.3 Å². The van der Waals surface area contributed by atoms with Crippen molar-refractivity contribution in [2.24, 2.45) is 0 Å². The fourth-order valence-electron chi connectivity index (χ4n) is 5.92. The van der Waals surface area contributed by atoms with Crippen LogP contribution in [0.3, 0.4) is 0 Å². The van der Waals surface area contributed by atoms with E-state index >= 15 is 0 Å². The fourth-order valence-corrected chi connectivity index (χ4v) is 6.84. The molecule has 0 unspecified atom stereocenters. The molecule has 1 saturated heterocycles. The highest BCUT2D eigenvalue weighted by atomic mass is 35.5. The maximum atomic E-state index is 14.3. The molecule has 3 aliphatic rings. The van der Waals surface area contributed by atoms with Crippen LogP contribution in [0.15, 0.2) is 61.4 Å². The van der Waals surface area contributed by atoms with Crippen LogP contribution in [0, 0.1) is 5.82 Å². The lowest BCUT2D eigenvalue weighted by atomic mass is 10.1. The first-order chi connectivity index (χ1) is 24.1. The number of halogens is 2. The molecule has 1 aromatic carbocycles. The Morgan fingerprint density at radius 2 is 1.96 bits per heavy atom. The van der Waals surface area contributed by atoms with Crippen LogP contribution in [0.25, 0.3) is 11.3 Å². The number of carbonyl (C=O) groups excluding carboxylic acids is 2. The summed E-state index contributed by atoms with van der Waals surface area (Å²) in [6.07, 6.45) is 8.14. The molecule has 0 spiro atoms. The number of nitrogens with one attached hydrogen (secondary N) is 2. The third kappa shape index (κ3) is 7.23. The summed E-state index contributed by atoms with van der Waals surface area (Å²) in [4.78, 5) is 45.8. The molecule has 7 rings (SSSR count). The molecule has 15 heteroatoms. The molecule has 0 atom stereocenters. The van der Waals surface area contributed by atoms with Crippen molar-refractivity contribution in [2.75, 3.05) is 60.3 Å². The topological polar surface area (TPSA) is 136 Å². The van der Waals surface area contributed by atoms with E-state index in [9.17, 15) is 19.1 Å². The number of rotatable bonds is 12. The van der Waals surface area contributed by atoms with Crippen LogP contribution in [0.4, 0.5) is 32.5 Å². The summed E-state index contributed by atoms with van der Waals surface area (Å²) in [5.74, 6) is 0.371. The summed E-state index contributed by atoms with van der Waals surface area (Å²) in [6, 6.07) is 10.2. The highest BCUT2D eigenvalue weighted by Gasteiger charge is 2.45. The summed E-state index contributed by atoms with van der Waals surface area (Å²) < 4.78 is 19.8. The van der Waals surface area contributed by atoms with Gasteiger partial charge in [-0.05, 0) is 62.1 Å². The maximum absolute atomic E-state index is 14.3. The van der Waals surface area contributed by atoms with Crippen LogP contribution in [-0.4, -0.2) is 88.2 Å². The Hall–Kier alpha value is -4.79. The van der Waals surface area contributed by atoms with Gasteiger partial charge in [-0.3, -0.25) is 9.59 Å². The molecule has 0 radical (unpaired) electrons. The van der Waals surface area contributed by atoms with Crippen molar-refractivity contribution in [3.63, 3.8) is 0 Å². The molecule has 4 heterocycles. The van der Waals surface area contributed by atoms with Gasteiger partial charge in [-0.15, -0.1) is 0 Å². The van der Waals surface area contributed by atoms with Crippen molar-refractivity contribution >= 4 is 62.9 Å². The summed E-state index contributed by atoms with van der Waals surface area (Å²) in [7, 11) is 1.54. The number of hydrogen-bond donors (Lipinski definition) is 3. The molecule has 2 aliphatic carbocycles. The van der Waals surface area contributed by atoms with Gasteiger partial charge in [0.05, 0.1) is 41.0 Å². The third-order valence-corrected chi connectivity index (χ3v) is 10.3. The molecule has 12 nitrogen and oxygen atoms in total. The number of methoxy groups -OCH3 is 1. The standard InChI is InChI=1S/C35H36ClFN8O4S/c1-3-29(46)43-13-15-44(16-14-43)32-26(45(22-7-8-22)20-35(48)11-12-35)17-21(18-38-32)25-9-10-27(49-2)31(40-25)42-34-39-19-28(50-34)33(47)41-30-23(36)5-4-6-24(30)37/h3-6,9-10,17-19,22,48H,1,7-8,11-16,20H2,2H3,(H,41,47)(H,39,40,42). The number of aliphatic hydroxyl groups is 1. The number of anilines is 5. The second-order valence-electron chi connectivity index (χ2n) is 12.6. The second kappa shape index (κ2) is 13.8. The summed E-state index contributed by atoms with van der Waals surface area (Å²) in [6.45, 7) is 6.52.